The third kappa shape index (κ3) is 2.06. The van der Waals surface area contributed by atoms with Gasteiger partial charge in [0.05, 0.1) is 5.01 Å². The number of halogens is 1. The lowest BCUT2D eigenvalue weighted by molar-refractivity contribution is 0.906. The van der Waals surface area contributed by atoms with Crippen LogP contribution in [0.5, 0.6) is 0 Å². The van der Waals surface area contributed by atoms with Crippen molar-refractivity contribution in [3.05, 3.63) is 15.0 Å². The van der Waals surface area contributed by atoms with Crippen molar-refractivity contribution in [3.8, 4) is 0 Å². The molecule has 0 aliphatic heterocycles. The molecule has 0 N–H and O–H groups in total. The quantitative estimate of drug-likeness (QED) is 0.724. The minimum Gasteiger partial charge on any atom is -0.234 e. The standard InChI is InChI=1S/C6H8BrNS/c1-2-3-6-8-5(7)4-9-6/h4H,2-3H2,1H3. The molecule has 0 bridgehead atoms. The van der Waals surface area contributed by atoms with Crippen LogP contribution in [-0.4, -0.2) is 4.98 Å². The van der Waals surface area contributed by atoms with E-state index in [0.717, 1.165) is 11.0 Å². The molecule has 1 aromatic heterocycles. The van der Waals surface area contributed by atoms with Gasteiger partial charge in [-0.1, -0.05) is 6.92 Å². The summed E-state index contributed by atoms with van der Waals surface area (Å²) < 4.78 is 0.968. The van der Waals surface area contributed by atoms with Crippen molar-refractivity contribution in [1.82, 2.24) is 4.98 Å². The van der Waals surface area contributed by atoms with Crippen LogP contribution in [0.1, 0.15) is 18.4 Å². The zero-order valence-electron chi connectivity index (χ0n) is 5.22. The first-order valence-electron chi connectivity index (χ1n) is 2.93. The SMILES string of the molecule is CCCc1nc(Br)cs1. The van der Waals surface area contributed by atoms with Gasteiger partial charge in [-0.3, -0.25) is 0 Å². The van der Waals surface area contributed by atoms with E-state index in [1.54, 1.807) is 11.3 Å². The molecule has 0 atom stereocenters. The van der Waals surface area contributed by atoms with Crippen molar-refractivity contribution in [2.24, 2.45) is 0 Å². The summed E-state index contributed by atoms with van der Waals surface area (Å²) >= 11 is 5.02. The molecule has 0 saturated heterocycles. The zero-order valence-corrected chi connectivity index (χ0v) is 7.63. The molecule has 0 aliphatic carbocycles. The van der Waals surface area contributed by atoms with E-state index in [9.17, 15) is 0 Å². The molecule has 0 fully saturated rings. The average molecular weight is 206 g/mol. The Labute approximate surface area is 67.3 Å². The summed E-state index contributed by atoms with van der Waals surface area (Å²) in [6.45, 7) is 2.16. The van der Waals surface area contributed by atoms with Gasteiger partial charge in [0.25, 0.3) is 0 Å². The average Bonchev–Trinajstić information content (AvgIpc) is 2.17. The lowest BCUT2D eigenvalue weighted by Gasteiger charge is -1.85. The molecule has 0 aliphatic rings. The number of hydrogen-bond donors (Lipinski definition) is 0. The van der Waals surface area contributed by atoms with Crippen molar-refractivity contribution in [3.63, 3.8) is 0 Å². The fourth-order valence-corrected chi connectivity index (χ4v) is 1.99. The highest BCUT2D eigenvalue weighted by Crippen LogP contribution is 2.15. The summed E-state index contributed by atoms with van der Waals surface area (Å²) in [5.74, 6) is 0. The maximum atomic E-state index is 4.24. The van der Waals surface area contributed by atoms with Gasteiger partial charge in [-0.25, -0.2) is 4.98 Å². The molecule has 0 spiro atoms. The van der Waals surface area contributed by atoms with Crippen LogP contribution in [0.15, 0.2) is 9.98 Å². The molecule has 1 heterocycles. The molecule has 1 rings (SSSR count). The van der Waals surface area contributed by atoms with Crippen LogP contribution in [0, 0.1) is 0 Å². The molecule has 50 valence electrons. The van der Waals surface area contributed by atoms with Crippen LogP contribution >= 0.6 is 27.3 Å². The van der Waals surface area contributed by atoms with Crippen molar-refractivity contribution < 1.29 is 0 Å². The molecule has 1 aromatic rings. The van der Waals surface area contributed by atoms with E-state index in [2.05, 4.69) is 27.8 Å². The minimum absolute atomic E-state index is 0.968. The highest BCUT2D eigenvalue weighted by molar-refractivity contribution is 9.10. The molecule has 3 heteroatoms. The minimum atomic E-state index is 0.968. The summed E-state index contributed by atoms with van der Waals surface area (Å²) in [5.41, 5.74) is 0. The third-order valence-corrected chi connectivity index (χ3v) is 2.61. The molecule has 1 nitrogen and oxygen atoms in total. The topological polar surface area (TPSA) is 12.9 Å². The number of aromatic nitrogens is 1. The molecule has 9 heavy (non-hydrogen) atoms. The predicted molar refractivity (Wildman–Crippen MR) is 43.8 cm³/mol. The van der Waals surface area contributed by atoms with E-state index in [-0.39, 0.29) is 0 Å². The van der Waals surface area contributed by atoms with Crippen LogP contribution in [0.25, 0.3) is 0 Å². The number of thiazole rings is 1. The van der Waals surface area contributed by atoms with Gasteiger partial charge in [0.1, 0.15) is 4.60 Å². The summed E-state index contributed by atoms with van der Waals surface area (Å²) in [4.78, 5) is 4.24. The first kappa shape index (κ1) is 7.22. The molecule has 0 radical (unpaired) electrons. The molecule has 0 aromatic carbocycles. The first-order chi connectivity index (χ1) is 4.33. The second kappa shape index (κ2) is 3.32. The normalized spacial score (nSPS) is 10.0. The van der Waals surface area contributed by atoms with E-state index in [1.807, 2.05) is 5.38 Å². The van der Waals surface area contributed by atoms with E-state index in [1.165, 1.54) is 11.4 Å². The zero-order chi connectivity index (χ0) is 6.69. The lowest BCUT2D eigenvalue weighted by atomic mass is 10.4. The smallest absolute Gasteiger partial charge is 0.117 e. The second-order valence-corrected chi connectivity index (χ2v) is 3.57. The van der Waals surface area contributed by atoms with Gasteiger partial charge in [-0.2, -0.15) is 0 Å². The molecule has 0 unspecified atom stereocenters. The summed E-state index contributed by atoms with van der Waals surface area (Å²) in [6.07, 6.45) is 2.29. The first-order valence-corrected chi connectivity index (χ1v) is 4.60. The van der Waals surface area contributed by atoms with Gasteiger partial charge < -0.3 is 0 Å². The molecule has 0 saturated carbocycles. The number of aryl methyl sites for hydroxylation is 1. The lowest BCUT2D eigenvalue weighted by Crippen LogP contribution is -1.78. The summed E-state index contributed by atoms with van der Waals surface area (Å²) in [5, 5.41) is 3.25. The molecule has 0 amide bonds. The Bertz CT molecular complexity index is 185. The highest BCUT2D eigenvalue weighted by atomic mass is 79.9. The van der Waals surface area contributed by atoms with Crippen molar-refractivity contribution in [1.29, 1.82) is 0 Å². The fraction of sp³-hybridized carbons (Fsp3) is 0.500. The van der Waals surface area contributed by atoms with Gasteiger partial charge >= 0.3 is 0 Å². The van der Waals surface area contributed by atoms with E-state index < -0.39 is 0 Å². The number of nitrogens with zero attached hydrogens (tertiary/aromatic N) is 1. The maximum absolute atomic E-state index is 4.24. The Balaban J connectivity index is 2.61. The summed E-state index contributed by atoms with van der Waals surface area (Å²) in [6, 6.07) is 0. The van der Waals surface area contributed by atoms with Crippen molar-refractivity contribution in [2.45, 2.75) is 19.8 Å². The predicted octanol–water partition coefficient (Wildman–Crippen LogP) is 2.86. The van der Waals surface area contributed by atoms with E-state index in [0.29, 0.717) is 0 Å². The fourth-order valence-electron chi connectivity index (χ4n) is 0.617. The Morgan fingerprint density at radius 3 is 3.00 bits per heavy atom. The van der Waals surface area contributed by atoms with Gasteiger partial charge in [0, 0.05) is 5.38 Å². The van der Waals surface area contributed by atoms with Crippen molar-refractivity contribution >= 4 is 27.3 Å². The second-order valence-electron chi connectivity index (χ2n) is 1.81. The third-order valence-electron chi connectivity index (χ3n) is 0.988. The molecular formula is C6H8BrNS. The van der Waals surface area contributed by atoms with Crippen LogP contribution in [0.3, 0.4) is 0 Å². The number of rotatable bonds is 2. The van der Waals surface area contributed by atoms with Crippen LogP contribution in [0.2, 0.25) is 0 Å². The Morgan fingerprint density at radius 2 is 2.56 bits per heavy atom. The van der Waals surface area contributed by atoms with Crippen molar-refractivity contribution in [2.75, 3.05) is 0 Å². The van der Waals surface area contributed by atoms with Crippen LogP contribution in [0.4, 0.5) is 0 Å². The highest BCUT2D eigenvalue weighted by Gasteiger charge is 1.95. The summed E-state index contributed by atoms with van der Waals surface area (Å²) in [7, 11) is 0. The van der Waals surface area contributed by atoms with E-state index >= 15 is 0 Å². The monoisotopic (exact) mass is 205 g/mol. The van der Waals surface area contributed by atoms with Gasteiger partial charge in [-0.15, -0.1) is 11.3 Å². The molecular weight excluding hydrogens is 198 g/mol. The largest absolute Gasteiger partial charge is 0.234 e. The van der Waals surface area contributed by atoms with Gasteiger partial charge in [0.2, 0.25) is 0 Å². The van der Waals surface area contributed by atoms with E-state index in [4.69, 9.17) is 0 Å². The van der Waals surface area contributed by atoms with Crippen LogP contribution < -0.4 is 0 Å². The van der Waals surface area contributed by atoms with Gasteiger partial charge in [0.15, 0.2) is 0 Å². The Hall–Kier alpha value is 0.110. The van der Waals surface area contributed by atoms with Gasteiger partial charge in [-0.05, 0) is 28.8 Å². The Kier molecular flexibility index (Phi) is 2.66. The maximum Gasteiger partial charge on any atom is 0.117 e. The number of hydrogen-bond acceptors (Lipinski definition) is 2. The van der Waals surface area contributed by atoms with Crippen LogP contribution in [-0.2, 0) is 6.42 Å². The Morgan fingerprint density at radius 1 is 1.78 bits per heavy atom.